The van der Waals surface area contributed by atoms with Gasteiger partial charge in [0.25, 0.3) is 0 Å². The van der Waals surface area contributed by atoms with Gasteiger partial charge in [-0.3, -0.25) is 9.59 Å². The summed E-state index contributed by atoms with van der Waals surface area (Å²) in [5.41, 5.74) is 0.238. The van der Waals surface area contributed by atoms with Gasteiger partial charge in [-0.1, -0.05) is 42.5 Å². The lowest BCUT2D eigenvalue weighted by Crippen LogP contribution is -2.26. The number of ether oxygens (including phenoxy) is 1. The summed E-state index contributed by atoms with van der Waals surface area (Å²) < 4.78 is 5.36. The van der Waals surface area contributed by atoms with E-state index in [0.717, 1.165) is 17.7 Å². The van der Waals surface area contributed by atoms with E-state index in [4.69, 9.17) is 4.74 Å². The van der Waals surface area contributed by atoms with Crippen molar-refractivity contribution in [3.8, 4) is 5.75 Å². The molecule has 0 aromatic heterocycles. The first-order chi connectivity index (χ1) is 11.0. The predicted molar refractivity (Wildman–Crippen MR) is 90.1 cm³/mol. The molecular formula is C20H22O3. The Morgan fingerprint density at radius 1 is 1.22 bits per heavy atom. The van der Waals surface area contributed by atoms with Gasteiger partial charge in [-0.2, -0.15) is 0 Å². The number of ketones is 2. The van der Waals surface area contributed by atoms with Crippen LogP contribution >= 0.6 is 0 Å². The molecule has 0 saturated heterocycles. The molecule has 23 heavy (non-hydrogen) atoms. The van der Waals surface area contributed by atoms with E-state index in [0.29, 0.717) is 0 Å². The second-order valence-electron chi connectivity index (χ2n) is 6.46. The van der Waals surface area contributed by atoms with Gasteiger partial charge in [0.05, 0.1) is 12.5 Å². The third kappa shape index (κ3) is 2.35. The minimum atomic E-state index is -0.765. The topological polar surface area (TPSA) is 43.4 Å². The van der Waals surface area contributed by atoms with Crippen molar-refractivity contribution in [1.29, 1.82) is 0 Å². The number of hydrogen-bond acceptors (Lipinski definition) is 3. The van der Waals surface area contributed by atoms with Crippen LogP contribution in [0, 0.1) is 23.2 Å². The zero-order chi connectivity index (χ0) is 16.6. The Hall–Kier alpha value is -2.16. The zero-order valence-electron chi connectivity index (χ0n) is 13.8. The number of hydrogen-bond donors (Lipinski definition) is 0. The van der Waals surface area contributed by atoms with Gasteiger partial charge < -0.3 is 4.74 Å². The molecule has 2 aliphatic rings. The molecular weight excluding hydrogens is 288 g/mol. The van der Waals surface area contributed by atoms with Crippen LogP contribution in [0.2, 0.25) is 0 Å². The molecule has 3 heteroatoms. The Labute approximate surface area is 137 Å². The Morgan fingerprint density at radius 2 is 1.91 bits per heavy atom. The molecule has 3 rings (SSSR count). The van der Waals surface area contributed by atoms with Crippen molar-refractivity contribution in [3.63, 3.8) is 0 Å². The molecule has 0 unspecified atom stereocenters. The first kappa shape index (κ1) is 15.7. The maximum absolute atomic E-state index is 12.2. The summed E-state index contributed by atoms with van der Waals surface area (Å²) in [5, 5.41) is 0. The van der Waals surface area contributed by atoms with Crippen LogP contribution in [0.25, 0.3) is 6.08 Å². The molecule has 1 aromatic rings. The first-order valence-corrected chi connectivity index (χ1v) is 8.03. The highest BCUT2D eigenvalue weighted by atomic mass is 16.5. The third-order valence-corrected chi connectivity index (χ3v) is 5.40. The minimum Gasteiger partial charge on any atom is -0.496 e. The summed E-state index contributed by atoms with van der Waals surface area (Å²) in [6.07, 6.45) is 9.17. The Balaban J connectivity index is 1.88. The van der Waals surface area contributed by atoms with E-state index >= 15 is 0 Å². The fraction of sp³-hybridized carbons (Fsp3) is 0.400. The predicted octanol–water partition coefficient (Wildman–Crippen LogP) is 3.69. The second-order valence-corrected chi connectivity index (χ2v) is 6.46. The van der Waals surface area contributed by atoms with E-state index in [1.807, 2.05) is 30.3 Å². The van der Waals surface area contributed by atoms with Crippen LogP contribution in [-0.4, -0.2) is 18.7 Å². The van der Waals surface area contributed by atoms with Gasteiger partial charge in [-0.15, -0.1) is 0 Å². The van der Waals surface area contributed by atoms with Crippen molar-refractivity contribution >= 4 is 17.6 Å². The van der Waals surface area contributed by atoms with Crippen LogP contribution in [0.15, 0.2) is 42.5 Å². The summed E-state index contributed by atoms with van der Waals surface area (Å²) in [6.45, 7) is 3.11. The average Bonchev–Trinajstić information content (AvgIpc) is 3.24. The molecule has 3 nitrogen and oxygen atoms in total. The van der Waals surface area contributed by atoms with Crippen molar-refractivity contribution in [1.82, 2.24) is 0 Å². The van der Waals surface area contributed by atoms with E-state index in [2.05, 4.69) is 18.2 Å². The molecule has 120 valence electrons. The number of rotatable bonds is 5. The van der Waals surface area contributed by atoms with E-state index in [1.54, 1.807) is 21.0 Å². The monoisotopic (exact) mass is 310 g/mol. The van der Waals surface area contributed by atoms with E-state index in [-0.39, 0.29) is 29.3 Å². The van der Waals surface area contributed by atoms with Gasteiger partial charge in [0.2, 0.25) is 0 Å². The van der Waals surface area contributed by atoms with Crippen molar-refractivity contribution in [2.75, 3.05) is 7.11 Å². The molecule has 2 aliphatic carbocycles. The van der Waals surface area contributed by atoms with Gasteiger partial charge in [-0.25, -0.2) is 0 Å². The van der Waals surface area contributed by atoms with Gasteiger partial charge >= 0.3 is 0 Å². The second kappa shape index (κ2) is 5.80. The fourth-order valence-corrected chi connectivity index (χ4v) is 4.34. The molecule has 1 aromatic carbocycles. The Kier molecular flexibility index (Phi) is 3.97. The highest BCUT2D eigenvalue weighted by molar-refractivity contribution is 6.09. The van der Waals surface area contributed by atoms with Gasteiger partial charge in [0.15, 0.2) is 0 Å². The molecule has 0 aliphatic heterocycles. The number of carbonyl (C=O) groups excluding carboxylic acids is 2. The largest absolute Gasteiger partial charge is 0.496 e. The van der Waals surface area contributed by atoms with Crippen LogP contribution in [-0.2, 0) is 9.59 Å². The number of methoxy groups -OCH3 is 1. The SMILES string of the molecule is COc1ccccc1/C=C\[C@H]1C=CC[C@@H]2[C@H]1C2(C(C)=O)C(C)=O. The summed E-state index contributed by atoms with van der Waals surface area (Å²) in [4.78, 5) is 24.3. The van der Waals surface area contributed by atoms with Gasteiger partial charge in [-0.05, 0) is 44.1 Å². The van der Waals surface area contributed by atoms with E-state index in [9.17, 15) is 9.59 Å². The van der Waals surface area contributed by atoms with Crippen LogP contribution in [0.4, 0.5) is 0 Å². The number of allylic oxidation sites excluding steroid dienone is 3. The van der Waals surface area contributed by atoms with Crippen LogP contribution < -0.4 is 4.74 Å². The van der Waals surface area contributed by atoms with Crippen LogP contribution in [0.5, 0.6) is 5.75 Å². The molecule has 0 radical (unpaired) electrons. The lowest BCUT2D eigenvalue weighted by molar-refractivity contribution is -0.133. The van der Waals surface area contributed by atoms with E-state index < -0.39 is 5.41 Å². The van der Waals surface area contributed by atoms with Gasteiger partial charge in [0, 0.05) is 5.56 Å². The zero-order valence-corrected chi connectivity index (χ0v) is 13.8. The van der Waals surface area contributed by atoms with Crippen molar-refractivity contribution < 1.29 is 14.3 Å². The molecule has 0 amide bonds. The van der Waals surface area contributed by atoms with Crippen molar-refractivity contribution in [2.24, 2.45) is 23.2 Å². The molecule has 0 bridgehead atoms. The van der Waals surface area contributed by atoms with E-state index in [1.165, 1.54) is 0 Å². The molecule has 1 saturated carbocycles. The number of benzene rings is 1. The first-order valence-electron chi connectivity index (χ1n) is 8.03. The third-order valence-electron chi connectivity index (χ3n) is 5.40. The minimum absolute atomic E-state index is 0.0133. The standard InChI is InChI=1S/C20H22O3/c1-13(21)20(14(2)22)17-9-6-8-16(19(17)20)12-11-15-7-4-5-10-18(15)23-3/h4-8,10-12,16-17,19H,9H2,1-3H3/b12-11-/t16-,17-,19+/m1/s1. The lowest BCUT2D eigenvalue weighted by Gasteiger charge is -2.14. The highest BCUT2D eigenvalue weighted by Crippen LogP contribution is 2.67. The molecule has 3 atom stereocenters. The quantitative estimate of drug-likeness (QED) is 0.615. The maximum Gasteiger partial charge on any atom is 0.143 e. The van der Waals surface area contributed by atoms with Crippen molar-refractivity contribution in [3.05, 3.63) is 48.1 Å². The normalized spacial score (nSPS) is 27.5. The number of para-hydroxylation sites is 1. The molecule has 0 spiro atoms. The summed E-state index contributed by atoms with van der Waals surface area (Å²) in [6, 6.07) is 7.82. The average molecular weight is 310 g/mol. The summed E-state index contributed by atoms with van der Waals surface area (Å²) >= 11 is 0. The molecule has 0 heterocycles. The Bertz CT molecular complexity index is 685. The number of carbonyl (C=O) groups is 2. The lowest BCUT2D eigenvalue weighted by atomic mass is 9.88. The smallest absolute Gasteiger partial charge is 0.143 e. The Morgan fingerprint density at radius 3 is 2.57 bits per heavy atom. The maximum atomic E-state index is 12.2. The highest BCUT2D eigenvalue weighted by Gasteiger charge is 2.72. The number of Topliss-reactive ketones (excluding diaryl/α,β-unsaturated/α-hetero) is 2. The number of fused-ring (bicyclic) bond motifs is 1. The van der Waals surface area contributed by atoms with Gasteiger partial charge in [0.1, 0.15) is 17.3 Å². The summed E-state index contributed by atoms with van der Waals surface area (Å²) in [7, 11) is 1.65. The summed E-state index contributed by atoms with van der Waals surface area (Å²) in [5.74, 6) is 1.23. The molecule has 1 fully saturated rings. The van der Waals surface area contributed by atoms with Crippen molar-refractivity contribution in [2.45, 2.75) is 20.3 Å². The van der Waals surface area contributed by atoms with Crippen LogP contribution in [0.3, 0.4) is 0 Å². The molecule has 0 N–H and O–H groups in total. The van der Waals surface area contributed by atoms with Crippen LogP contribution in [0.1, 0.15) is 25.8 Å². The fourth-order valence-electron chi connectivity index (χ4n) is 4.34.